The highest BCUT2D eigenvalue weighted by atomic mass is 16.5. The highest BCUT2D eigenvalue weighted by molar-refractivity contribution is 5.79. The van der Waals surface area contributed by atoms with Gasteiger partial charge in [0.2, 0.25) is 0 Å². The molecule has 1 unspecified atom stereocenters. The van der Waals surface area contributed by atoms with Crippen molar-refractivity contribution in [3.63, 3.8) is 0 Å². The van der Waals surface area contributed by atoms with Crippen LogP contribution in [-0.4, -0.2) is 35.9 Å². The number of hydrogen-bond acceptors (Lipinski definition) is 3. The molecule has 0 saturated heterocycles. The number of nitrogens with one attached hydrogen (secondary N) is 2. The molecular formula is C19H29N5O. The van der Waals surface area contributed by atoms with Gasteiger partial charge < -0.3 is 15.4 Å². The second-order valence-electron chi connectivity index (χ2n) is 6.22. The third-order valence-electron chi connectivity index (χ3n) is 3.87. The third-order valence-corrected chi connectivity index (χ3v) is 3.87. The molecule has 0 radical (unpaired) electrons. The highest BCUT2D eigenvalue weighted by Gasteiger charge is 2.07. The Bertz CT molecular complexity index is 666. The molecule has 25 heavy (non-hydrogen) atoms. The molecule has 0 saturated carbocycles. The number of guanidine groups is 1. The molecule has 0 aliphatic carbocycles. The molecule has 2 aromatic rings. The molecule has 2 rings (SSSR count). The SMILES string of the molecule is CCNC(=NCc1ccc(C)cc1OC)NCC(C)Cn1cccn1. The van der Waals surface area contributed by atoms with Gasteiger partial charge in [-0.25, -0.2) is 4.99 Å². The predicted octanol–water partition coefficient (Wildman–Crippen LogP) is 2.59. The van der Waals surface area contributed by atoms with E-state index in [2.05, 4.69) is 53.6 Å². The molecule has 0 spiro atoms. The monoisotopic (exact) mass is 343 g/mol. The van der Waals surface area contributed by atoms with Gasteiger partial charge in [0, 0.05) is 37.6 Å². The Morgan fingerprint density at radius 2 is 2.20 bits per heavy atom. The van der Waals surface area contributed by atoms with E-state index in [1.165, 1.54) is 5.56 Å². The van der Waals surface area contributed by atoms with E-state index in [1.54, 1.807) is 13.3 Å². The van der Waals surface area contributed by atoms with Gasteiger partial charge in [-0.15, -0.1) is 0 Å². The van der Waals surface area contributed by atoms with Crippen LogP contribution < -0.4 is 15.4 Å². The zero-order valence-electron chi connectivity index (χ0n) is 15.6. The Morgan fingerprint density at radius 1 is 1.36 bits per heavy atom. The first-order valence-corrected chi connectivity index (χ1v) is 8.75. The lowest BCUT2D eigenvalue weighted by atomic mass is 10.1. The van der Waals surface area contributed by atoms with Crippen molar-refractivity contribution >= 4 is 5.96 Å². The second-order valence-corrected chi connectivity index (χ2v) is 6.22. The number of hydrogen-bond donors (Lipinski definition) is 2. The second kappa shape index (κ2) is 9.71. The topological polar surface area (TPSA) is 63.5 Å². The van der Waals surface area contributed by atoms with Crippen molar-refractivity contribution in [1.82, 2.24) is 20.4 Å². The molecule has 2 N–H and O–H groups in total. The molecule has 6 heteroatoms. The highest BCUT2D eigenvalue weighted by Crippen LogP contribution is 2.20. The summed E-state index contributed by atoms with van der Waals surface area (Å²) in [6, 6.07) is 8.14. The van der Waals surface area contributed by atoms with Crippen LogP contribution in [0.5, 0.6) is 5.75 Å². The maximum Gasteiger partial charge on any atom is 0.191 e. The minimum Gasteiger partial charge on any atom is -0.496 e. The number of aromatic nitrogens is 2. The number of aryl methyl sites for hydroxylation is 1. The molecule has 0 fully saturated rings. The molecule has 0 amide bonds. The van der Waals surface area contributed by atoms with Crippen LogP contribution in [0, 0.1) is 12.8 Å². The molecule has 1 aromatic carbocycles. The zero-order chi connectivity index (χ0) is 18.1. The summed E-state index contributed by atoms with van der Waals surface area (Å²) in [4.78, 5) is 4.68. The van der Waals surface area contributed by atoms with E-state index >= 15 is 0 Å². The van der Waals surface area contributed by atoms with Gasteiger partial charge in [-0.05, 0) is 37.5 Å². The summed E-state index contributed by atoms with van der Waals surface area (Å²) in [6.07, 6.45) is 3.79. The van der Waals surface area contributed by atoms with Gasteiger partial charge in [-0.1, -0.05) is 19.1 Å². The van der Waals surface area contributed by atoms with E-state index in [0.717, 1.165) is 36.9 Å². The fourth-order valence-electron chi connectivity index (χ4n) is 2.55. The van der Waals surface area contributed by atoms with E-state index in [9.17, 15) is 0 Å². The number of aliphatic imine (C=N–C) groups is 1. The van der Waals surface area contributed by atoms with Crippen LogP contribution in [0.4, 0.5) is 0 Å². The minimum atomic E-state index is 0.442. The fourth-order valence-corrected chi connectivity index (χ4v) is 2.55. The number of methoxy groups -OCH3 is 1. The first-order valence-electron chi connectivity index (χ1n) is 8.75. The summed E-state index contributed by atoms with van der Waals surface area (Å²) in [5, 5.41) is 11.0. The van der Waals surface area contributed by atoms with E-state index in [4.69, 9.17) is 4.74 Å². The summed E-state index contributed by atoms with van der Waals surface area (Å²) in [7, 11) is 1.70. The molecule has 136 valence electrons. The first-order chi connectivity index (χ1) is 12.1. The predicted molar refractivity (Wildman–Crippen MR) is 102 cm³/mol. The quantitative estimate of drug-likeness (QED) is 0.571. The maximum atomic E-state index is 5.46. The van der Waals surface area contributed by atoms with Crippen molar-refractivity contribution < 1.29 is 4.74 Å². The lowest BCUT2D eigenvalue weighted by Crippen LogP contribution is -2.40. The van der Waals surface area contributed by atoms with Crippen molar-refractivity contribution in [2.45, 2.75) is 33.9 Å². The molecule has 0 bridgehead atoms. The number of benzene rings is 1. The average molecular weight is 343 g/mol. The molecule has 1 aromatic heterocycles. The van der Waals surface area contributed by atoms with Gasteiger partial charge in [0.15, 0.2) is 5.96 Å². The number of nitrogens with zero attached hydrogens (tertiary/aromatic N) is 3. The Balaban J connectivity index is 1.93. The van der Waals surface area contributed by atoms with Crippen molar-refractivity contribution in [2.75, 3.05) is 20.2 Å². The van der Waals surface area contributed by atoms with E-state index in [0.29, 0.717) is 12.5 Å². The van der Waals surface area contributed by atoms with Crippen LogP contribution in [0.15, 0.2) is 41.7 Å². The van der Waals surface area contributed by atoms with Crippen LogP contribution in [0.2, 0.25) is 0 Å². The van der Waals surface area contributed by atoms with Gasteiger partial charge in [-0.2, -0.15) is 5.10 Å². The number of ether oxygens (including phenoxy) is 1. The smallest absolute Gasteiger partial charge is 0.191 e. The number of rotatable bonds is 8. The largest absolute Gasteiger partial charge is 0.496 e. The molecule has 1 heterocycles. The standard InChI is InChI=1S/C19H29N5O/c1-5-20-19(21-12-16(3)14-24-10-6-9-23-24)22-13-17-8-7-15(2)11-18(17)25-4/h6-11,16H,5,12-14H2,1-4H3,(H2,20,21,22). The molecular weight excluding hydrogens is 314 g/mol. The summed E-state index contributed by atoms with van der Waals surface area (Å²) >= 11 is 0. The molecule has 1 atom stereocenters. The summed E-state index contributed by atoms with van der Waals surface area (Å²) < 4.78 is 7.41. The summed E-state index contributed by atoms with van der Waals surface area (Å²) in [5.74, 6) is 2.14. The average Bonchev–Trinajstić information content (AvgIpc) is 3.11. The van der Waals surface area contributed by atoms with Gasteiger partial charge >= 0.3 is 0 Å². The Hall–Kier alpha value is -2.50. The molecule has 6 nitrogen and oxygen atoms in total. The molecule has 0 aliphatic rings. The summed E-state index contributed by atoms with van der Waals surface area (Å²) in [6.45, 7) is 9.43. The minimum absolute atomic E-state index is 0.442. The van der Waals surface area contributed by atoms with Crippen molar-refractivity contribution in [2.24, 2.45) is 10.9 Å². The van der Waals surface area contributed by atoms with Gasteiger partial charge in [-0.3, -0.25) is 4.68 Å². The third kappa shape index (κ3) is 6.14. The van der Waals surface area contributed by atoms with Crippen LogP contribution in [0.25, 0.3) is 0 Å². The van der Waals surface area contributed by atoms with E-state index in [1.807, 2.05) is 23.0 Å². The Kier molecular flexibility index (Phi) is 7.32. The van der Waals surface area contributed by atoms with Crippen molar-refractivity contribution in [3.05, 3.63) is 47.8 Å². The normalized spacial score (nSPS) is 12.7. The molecule has 0 aliphatic heterocycles. The maximum absolute atomic E-state index is 5.46. The Labute approximate surface area is 150 Å². The van der Waals surface area contributed by atoms with Gasteiger partial charge in [0.05, 0.1) is 13.7 Å². The Morgan fingerprint density at radius 3 is 2.88 bits per heavy atom. The van der Waals surface area contributed by atoms with Gasteiger partial charge in [0.25, 0.3) is 0 Å². The summed E-state index contributed by atoms with van der Waals surface area (Å²) in [5.41, 5.74) is 2.26. The van der Waals surface area contributed by atoms with Crippen molar-refractivity contribution in [3.8, 4) is 5.75 Å². The van der Waals surface area contributed by atoms with Gasteiger partial charge in [0.1, 0.15) is 5.75 Å². The van der Waals surface area contributed by atoms with E-state index in [-0.39, 0.29) is 0 Å². The lowest BCUT2D eigenvalue weighted by Gasteiger charge is -2.16. The van der Waals surface area contributed by atoms with E-state index < -0.39 is 0 Å². The van der Waals surface area contributed by atoms with Crippen molar-refractivity contribution in [1.29, 1.82) is 0 Å². The fraction of sp³-hybridized carbons (Fsp3) is 0.474. The van der Waals surface area contributed by atoms with Crippen LogP contribution in [0.3, 0.4) is 0 Å². The van der Waals surface area contributed by atoms with Crippen LogP contribution >= 0.6 is 0 Å². The van der Waals surface area contributed by atoms with Crippen LogP contribution in [-0.2, 0) is 13.1 Å². The van der Waals surface area contributed by atoms with Crippen LogP contribution in [0.1, 0.15) is 25.0 Å². The lowest BCUT2D eigenvalue weighted by molar-refractivity contribution is 0.409. The zero-order valence-corrected chi connectivity index (χ0v) is 15.6. The first kappa shape index (κ1) is 18.8.